The molecule has 15 heavy (non-hydrogen) atoms. The molecule has 1 aromatic carbocycles. The summed E-state index contributed by atoms with van der Waals surface area (Å²) < 4.78 is 0. The summed E-state index contributed by atoms with van der Waals surface area (Å²) in [5.74, 6) is 1.14. The van der Waals surface area contributed by atoms with E-state index in [0.717, 1.165) is 30.1 Å². The second kappa shape index (κ2) is 6.26. The van der Waals surface area contributed by atoms with Gasteiger partial charge in [0.1, 0.15) is 0 Å². The van der Waals surface area contributed by atoms with E-state index in [1.165, 1.54) is 0 Å². The first-order valence-electron chi connectivity index (χ1n) is 4.85. The number of nitrogens with two attached hydrogens (primary N) is 1. The average molecular weight is 245 g/mol. The Hall–Kier alpha value is -0.380. The van der Waals surface area contributed by atoms with Crippen molar-refractivity contribution < 1.29 is 0 Å². The monoisotopic (exact) mass is 244 g/mol. The van der Waals surface area contributed by atoms with E-state index in [0.29, 0.717) is 5.02 Å². The minimum atomic E-state index is 0.697. The van der Waals surface area contributed by atoms with Gasteiger partial charge in [-0.1, -0.05) is 17.7 Å². The van der Waals surface area contributed by atoms with Crippen LogP contribution in [0.2, 0.25) is 5.02 Å². The van der Waals surface area contributed by atoms with E-state index in [-0.39, 0.29) is 0 Å². The molecule has 0 atom stereocenters. The maximum absolute atomic E-state index is 5.88. The highest BCUT2D eigenvalue weighted by atomic mass is 35.5. The first-order valence-corrected chi connectivity index (χ1v) is 6.62. The molecule has 0 radical (unpaired) electrons. The predicted octanol–water partition coefficient (Wildman–Crippen LogP) is 2.72. The van der Waals surface area contributed by atoms with Crippen LogP contribution in [0.3, 0.4) is 0 Å². The quantitative estimate of drug-likeness (QED) is 0.808. The van der Waals surface area contributed by atoms with Crippen molar-refractivity contribution in [3.8, 4) is 0 Å². The van der Waals surface area contributed by atoms with Crippen LogP contribution in [0.5, 0.6) is 0 Å². The lowest BCUT2D eigenvalue weighted by atomic mass is 10.2. The van der Waals surface area contributed by atoms with E-state index in [4.69, 9.17) is 17.3 Å². The third kappa shape index (κ3) is 4.33. The number of nitrogens with zero attached hydrogens (tertiary/aromatic N) is 1. The minimum absolute atomic E-state index is 0.697. The van der Waals surface area contributed by atoms with Crippen LogP contribution in [0.4, 0.5) is 5.69 Å². The Morgan fingerprint density at radius 2 is 2.20 bits per heavy atom. The third-order valence-corrected chi connectivity index (χ3v) is 3.05. The van der Waals surface area contributed by atoms with E-state index in [9.17, 15) is 0 Å². The molecule has 0 aliphatic heterocycles. The van der Waals surface area contributed by atoms with Gasteiger partial charge in [-0.15, -0.1) is 0 Å². The number of anilines is 1. The highest BCUT2D eigenvalue weighted by Crippen LogP contribution is 2.19. The highest BCUT2D eigenvalue weighted by molar-refractivity contribution is 7.98. The summed E-state index contributed by atoms with van der Waals surface area (Å²) in [7, 11) is 2.10. The van der Waals surface area contributed by atoms with Crippen LogP contribution < -0.4 is 5.73 Å². The molecule has 0 bridgehead atoms. The van der Waals surface area contributed by atoms with Crippen molar-refractivity contribution in [3.63, 3.8) is 0 Å². The molecular formula is C11H17ClN2S. The van der Waals surface area contributed by atoms with Crippen LogP contribution in [0.25, 0.3) is 0 Å². The molecule has 0 unspecified atom stereocenters. The lowest BCUT2D eigenvalue weighted by Gasteiger charge is -2.17. The van der Waals surface area contributed by atoms with Gasteiger partial charge >= 0.3 is 0 Å². The number of rotatable bonds is 5. The van der Waals surface area contributed by atoms with Gasteiger partial charge in [0, 0.05) is 29.6 Å². The zero-order chi connectivity index (χ0) is 11.3. The van der Waals surface area contributed by atoms with Crippen molar-refractivity contribution in [1.29, 1.82) is 0 Å². The van der Waals surface area contributed by atoms with E-state index in [2.05, 4.69) is 18.2 Å². The summed E-state index contributed by atoms with van der Waals surface area (Å²) in [5.41, 5.74) is 7.80. The van der Waals surface area contributed by atoms with Crippen molar-refractivity contribution >= 4 is 29.1 Å². The summed E-state index contributed by atoms with van der Waals surface area (Å²) in [6, 6.07) is 5.68. The predicted molar refractivity (Wildman–Crippen MR) is 70.6 cm³/mol. The molecule has 0 saturated carbocycles. The Bertz CT molecular complexity index is 317. The standard InChI is InChI=1S/C11H17ClN2S/c1-14(5-6-15-2)8-9-3-4-10(12)7-11(9)13/h3-4,7H,5-6,8,13H2,1-2H3. The Labute approximate surface area is 101 Å². The Morgan fingerprint density at radius 3 is 2.80 bits per heavy atom. The molecule has 0 amide bonds. The molecule has 0 heterocycles. The lowest BCUT2D eigenvalue weighted by molar-refractivity contribution is 0.349. The summed E-state index contributed by atoms with van der Waals surface area (Å²) >= 11 is 7.69. The average Bonchev–Trinajstić information content (AvgIpc) is 2.19. The van der Waals surface area contributed by atoms with Crippen molar-refractivity contribution in [1.82, 2.24) is 4.90 Å². The van der Waals surface area contributed by atoms with Crippen LogP contribution in [-0.2, 0) is 6.54 Å². The van der Waals surface area contributed by atoms with Crippen molar-refractivity contribution in [2.24, 2.45) is 0 Å². The summed E-state index contributed by atoms with van der Waals surface area (Å²) in [5, 5.41) is 0.697. The molecule has 2 N–H and O–H groups in total. The summed E-state index contributed by atoms with van der Waals surface area (Å²) in [6.07, 6.45) is 2.12. The van der Waals surface area contributed by atoms with Gasteiger partial charge in [-0.3, -0.25) is 0 Å². The zero-order valence-electron chi connectivity index (χ0n) is 9.16. The van der Waals surface area contributed by atoms with Gasteiger partial charge in [-0.05, 0) is 31.0 Å². The Kier molecular flexibility index (Phi) is 5.29. The van der Waals surface area contributed by atoms with Crippen LogP contribution in [0.15, 0.2) is 18.2 Å². The van der Waals surface area contributed by atoms with Crippen LogP contribution >= 0.6 is 23.4 Å². The molecule has 4 heteroatoms. The number of nitrogen functional groups attached to an aromatic ring is 1. The first kappa shape index (κ1) is 12.7. The van der Waals surface area contributed by atoms with Gasteiger partial charge in [-0.25, -0.2) is 0 Å². The van der Waals surface area contributed by atoms with Crippen LogP contribution in [-0.4, -0.2) is 30.5 Å². The van der Waals surface area contributed by atoms with Crippen LogP contribution in [0.1, 0.15) is 5.56 Å². The number of benzene rings is 1. The molecule has 1 rings (SSSR count). The maximum atomic E-state index is 5.88. The molecule has 0 saturated heterocycles. The molecule has 2 nitrogen and oxygen atoms in total. The summed E-state index contributed by atoms with van der Waals surface area (Å²) in [4.78, 5) is 2.26. The summed E-state index contributed by atoms with van der Waals surface area (Å²) in [6.45, 7) is 1.95. The van der Waals surface area contributed by atoms with Crippen LogP contribution in [0, 0.1) is 0 Å². The van der Waals surface area contributed by atoms with Gasteiger partial charge in [0.25, 0.3) is 0 Å². The van der Waals surface area contributed by atoms with E-state index in [1.807, 2.05) is 23.9 Å². The SMILES string of the molecule is CSCCN(C)Cc1ccc(Cl)cc1N. The van der Waals surface area contributed by atoms with Gasteiger partial charge in [0.15, 0.2) is 0 Å². The number of thioether (sulfide) groups is 1. The van der Waals surface area contributed by atoms with Crippen molar-refractivity contribution in [2.75, 3.05) is 31.3 Å². The van der Waals surface area contributed by atoms with Gasteiger partial charge in [0.05, 0.1) is 0 Å². The van der Waals surface area contributed by atoms with Crippen molar-refractivity contribution in [2.45, 2.75) is 6.54 Å². The van der Waals surface area contributed by atoms with E-state index in [1.54, 1.807) is 6.07 Å². The lowest BCUT2D eigenvalue weighted by Crippen LogP contribution is -2.21. The fourth-order valence-corrected chi connectivity index (χ4v) is 2.00. The fraction of sp³-hybridized carbons (Fsp3) is 0.455. The van der Waals surface area contributed by atoms with E-state index >= 15 is 0 Å². The molecule has 0 aromatic heterocycles. The maximum Gasteiger partial charge on any atom is 0.0426 e. The number of halogens is 1. The number of hydrogen-bond donors (Lipinski definition) is 1. The molecular weight excluding hydrogens is 228 g/mol. The first-order chi connectivity index (χ1) is 7.13. The number of hydrogen-bond acceptors (Lipinski definition) is 3. The van der Waals surface area contributed by atoms with Gasteiger partial charge in [-0.2, -0.15) is 11.8 Å². The molecule has 0 spiro atoms. The minimum Gasteiger partial charge on any atom is -0.398 e. The largest absolute Gasteiger partial charge is 0.398 e. The zero-order valence-corrected chi connectivity index (χ0v) is 10.7. The van der Waals surface area contributed by atoms with E-state index < -0.39 is 0 Å². The van der Waals surface area contributed by atoms with Gasteiger partial charge < -0.3 is 10.6 Å². The normalized spacial score (nSPS) is 10.9. The Balaban J connectivity index is 2.56. The molecule has 0 aliphatic carbocycles. The molecule has 84 valence electrons. The van der Waals surface area contributed by atoms with Crippen molar-refractivity contribution in [3.05, 3.63) is 28.8 Å². The topological polar surface area (TPSA) is 29.3 Å². The molecule has 0 aliphatic rings. The second-order valence-electron chi connectivity index (χ2n) is 3.57. The third-order valence-electron chi connectivity index (χ3n) is 2.23. The molecule has 0 fully saturated rings. The fourth-order valence-electron chi connectivity index (χ4n) is 1.33. The smallest absolute Gasteiger partial charge is 0.0426 e. The second-order valence-corrected chi connectivity index (χ2v) is 5.00. The molecule has 1 aromatic rings. The van der Waals surface area contributed by atoms with Gasteiger partial charge in [0.2, 0.25) is 0 Å². The Morgan fingerprint density at radius 1 is 1.47 bits per heavy atom. The highest BCUT2D eigenvalue weighted by Gasteiger charge is 2.03.